The molecule has 1 aliphatic heterocycles. The lowest BCUT2D eigenvalue weighted by Gasteiger charge is -2.13. The number of ether oxygens (including phenoxy) is 2. The molecule has 1 aliphatic rings. The Morgan fingerprint density at radius 2 is 2.03 bits per heavy atom. The van der Waals surface area contributed by atoms with Crippen LogP contribution in [0.5, 0.6) is 11.5 Å². The first kappa shape index (κ1) is 24.4. The van der Waals surface area contributed by atoms with Crippen LogP contribution in [0.3, 0.4) is 0 Å². The number of methoxy groups -OCH3 is 1. The highest BCUT2D eigenvalue weighted by atomic mass is 35.5. The molecule has 0 atom stereocenters. The van der Waals surface area contributed by atoms with E-state index in [1.165, 1.54) is 16.7 Å². The lowest BCUT2D eigenvalue weighted by molar-refractivity contribution is -0.137. The third-order valence-corrected chi connectivity index (χ3v) is 6.73. The Morgan fingerprint density at radius 1 is 1.25 bits per heavy atom. The average Bonchev–Trinajstić information content (AvgIpc) is 3.02. The lowest BCUT2D eigenvalue weighted by Crippen LogP contribution is -2.29. The van der Waals surface area contributed by atoms with Crippen LogP contribution >= 0.6 is 47.2 Å². The van der Waals surface area contributed by atoms with Crippen molar-refractivity contribution in [1.82, 2.24) is 4.90 Å². The Bertz CT molecular complexity index is 1090. The monoisotopic (exact) mass is 511 g/mol. The van der Waals surface area contributed by atoms with Gasteiger partial charge in [0, 0.05) is 18.5 Å². The van der Waals surface area contributed by atoms with E-state index < -0.39 is 5.97 Å². The van der Waals surface area contributed by atoms with Crippen molar-refractivity contribution in [3.63, 3.8) is 0 Å². The van der Waals surface area contributed by atoms with Crippen LogP contribution in [0.1, 0.15) is 24.0 Å². The molecule has 0 aromatic heterocycles. The zero-order valence-corrected chi connectivity index (χ0v) is 20.1. The van der Waals surface area contributed by atoms with E-state index in [0.717, 1.165) is 11.1 Å². The Kier molecular flexibility index (Phi) is 8.42. The number of hydrogen-bond acceptors (Lipinski definition) is 6. The van der Waals surface area contributed by atoms with Gasteiger partial charge >= 0.3 is 5.97 Å². The number of halogens is 2. The minimum absolute atomic E-state index is 0.0193. The number of amides is 1. The first-order chi connectivity index (χ1) is 15.3. The van der Waals surface area contributed by atoms with Crippen LogP contribution in [0.2, 0.25) is 10.0 Å². The Balaban J connectivity index is 1.76. The van der Waals surface area contributed by atoms with Crippen molar-refractivity contribution in [1.29, 1.82) is 0 Å². The van der Waals surface area contributed by atoms with Crippen LogP contribution in [0.15, 0.2) is 41.3 Å². The number of carbonyl (C=O) groups excluding carboxylic acids is 1. The van der Waals surface area contributed by atoms with Crippen LogP contribution in [-0.2, 0) is 16.2 Å². The summed E-state index contributed by atoms with van der Waals surface area (Å²) in [5.41, 5.74) is 1.53. The van der Waals surface area contributed by atoms with Crippen LogP contribution in [0.4, 0.5) is 0 Å². The molecular formula is C22H19Cl2NO5S2. The van der Waals surface area contributed by atoms with Crippen LogP contribution in [0, 0.1) is 0 Å². The minimum atomic E-state index is -0.905. The quantitative estimate of drug-likeness (QED) is 0.344. The maximum absolute atomic E-state index is 12.7. The maximum Gasteiger partial charge on any atom is 0.303 e. The van der Waals surface area contributed by atoms with Gasteiger partial charge in [-0.05, 0) is 42.3 Å². The third-order valence-electron chi connectivity index (χ3n) is 4.55. The van der Waals surface area contributed by atoms with E-state index in [4.69, 9.17) is 50.0 Å². The molecule has 1 saturated heterocycles. The lowest BCUT2D eigenvalue weighted by atomic mass is 10.1. The van der Waals surface area contributed by atoms with Gasteiger partial charge < -0.3 is 14.6 Å². The van der Waals surface area contributed by atoms with Crippen LogP contribution < -0.4 is 9.47 Å². The molecular weight excluding hydrogens is 493 g/mol. The number of thiocarbonyl (C=S) groups is 1. The number of benzene rings is 2. The van der Waals surface area contributed by atoms with E-state index in [1.54, 1.807) is 37.5 Å². The first-order valence-corrected chi connectivity index (χ1v) is 11.5. The second-order valence-electron chi connectivity index (χ2n) is 6.74. The van der Waals surface area contributed by atoms with Gasteiger partial charge in [-0.3, -0.25) is 14.5 Å². The van der Waals surface area contributed by atoms with Crippen LogP contribution in [0.25, 0.3) is 6.08 Å². The number of thioether (sulfide) groups is 1. The molecule has 1 fully saturated rings. The average molecular weight is 512 g/mol. The van der Waals surface area contributed by atoms with Crippen molar-refractivity contribution in [2.75, 3.05) is 13.7 Å². The Morgan fingerprint density at radius 3 is 2.75 bits per heavy atom. The molecule has 2 aromatic rings. The van der Waals surface area contributed by atoms with Gasteiger partial charge in [-0.15, -0.1) is 0 Å². The summed E-state index contributed by atoms with van der Waals surface area (Å²) in [5, 5.41) is 9.52. The molecule has 2 aromatic carbocycles. The predicted molar refractivity (Wildman–Crippen MR) is 131 cm³/mol. The fourth-order valence-corrected chi connectivity index (χ4v) is 4.64. The van der Waals surface area contributed by atoms with Gasteiger partial charge in [0.1, 0.15) is 27.4 Å². The van der Waals surface area contributed by atoms with E-state index in [9.17, 15) is 9.59 Å². The van der Waals surface area contributed by atoms with E-state index >= 15 is 0 Å². The maximum atomic E-state index is 12.7. The summed E-state index contributed by atoms with van der Waals surface area (Å²) in [6, 6.07) is 10.6. The fourth-order valence-electron chi connectivity index (χ4n) is 2.98. The SMILES string of the molecule is COc1ccc(C=C2SC(=S)N(CCCC(=O)O)C2=O)cc1COc1cccc(Cl)c1Cl. The summed E-state index contributed by atoms with van der Waals surface area (Å²) in [6.07, 6.45) is 2.06. The van der Waals surface area contributed by atoms with Gasteiger partial charge in [0.2, 0.25) is 0 Å². The van der Waals surface area contributed by atoms with Gasteiger partial charge in [0.15, 0.2) is 0 Å². The van der Waals surface area contributed by atoms with Crippen molar-refractivity contribution in [3.8, 4) is 11.5 Å². The Labute approximate surface area is 205 Å². The molecule has 0 unspecified atom stereocenters. The number of carbonyl (C=O) groups is 2. The smallest absolute Gasteiger partial charge is 0.303 e. The molecule has 0 radical (unpaired) electrons. The number of carboxylic acid groups (broad SMARTS) is 1. The van der Waals surface area contributed by atoms with Gasteiger partial charge in [-0.25, -0.2) is 0 Å². The van der Waals surface area contributed by atoms with E-state index in [0.29, 0.717) is 37.2 Å². The topological polar surface area (TPSA) is 76.1 Å². The number of aliphatic carboxylic acids is 1. The molecule has 0 bridgehead atoms. The van der Waals surface area contributed by atoms with E-state index in [1.807, 2.05) is 12.1 Å². The van der Waals surface area contributed by atoms with Crippen molar-refractivity contribution < 1.29 is 24.2 Å². The molecule has 3 rings (SSSR count). The molecule has 6 nitrogen and oxygen atoms in total. The Hall–Kier alpha value is -2.26. The molecule has 0 aliphatic carbocycles. The van der Waals surface area contributed by atoms with Crippen molar-refractivity contribution >= 4 is 69.5 Å². The largest absolute Gasteiger partial charge is 0.496 e. The highest BCUT2D eigenvalue weighted by molar-refractivity contribution is 8.26. The molecule has 0 spiro atoms. The van der Waals surface area contributed by atoms with Gasteiger partial charge in [-0.1, -0.05) is 59.3 Å². The summed E-state index contributed by atoms with van der Waals surface area (Å²) in [4.78, 5) is 25.3. The summed E-state index contributed by atoms with van der Waals surface area (Å²) in [6.45, 7) is 0.456. The van der Waals surface area contributed by atoms with Crippen LogP contribution in [-0.4, -0.2) is 39.9 Å². The summed E-state index contributed by atoms with van der Waals surface area (Å²) in [7, 11) is 1.56. The molecule has 10 heteroatoms. The van der Waals surface area contributed by atoms with Crippen molar-refractivity contribution in [2.24, 2.45) is 0 Å². The summed E-state index contributed by atoms with van der Waals surface area (Å²) >= 11 is 18.7. The second kappa shape index (κ2) is 11.0. The van der Waals surface area contributed by atoms with Gasteiger partial charge in [0.05, 0.1) is 17.0 Å². The molecule has 1 N–H and O–H groups in total. The van der Waals surface area contributed by atoms with Gasteiger partial charge in [0.25, 0.3) is 5.91 Å². The summed E-state index contributed by atoms with van der Waals surface area (Å²) < 4.78 is 11.7. The normalized spacial score (nSPS) is 14.8. The third kappa shape index (κ3) is 5.95. The molecule has 0 saturated carbocycles. The minimum Gasteiger partial charge on any atom is -0.496 e. The van der Waals surface area contributed by atoms with Crippen molar-refractivity contribution in [3.05, 3.63) is 62.5 Å². The number of rotatable bonds is 9. The predicted octanol–water partition coefficient (Wildman–Crippen LogP) is 5.65. The first-order valence-electron chi connectivity index (χ1n) is 9.51. The molecule has 1 heterocycles. The van der Waals surface area contributed by atoms with E-state index in [-0.39, 0.29) is 25.5 Å². The second-order valence-corrected chi connectivity index (χ2v) is 9.20. The van der Waals surface area contributed by atoms with Gasteiger partial charge in [-0.2, -0.15) is 0 Å². The highest BCUT2D eigenvalue weighted by Gasteiger charge is 2.31. The molecule has 1 amide bonds. The number of carboxylic acids is 1. The number of nitrogens with zero attached hydrogens (tertiary/aromatic N) is 1. The van der Waals surface area contributed by atoms with Crippen molar-refractivity contribution in [2.45, 2.75) is 19.4 Å². The molecule has 168 valence electrons. The standard InChI is InChI=1S/C22H19Cl2NO5S2/c1-29-16-8-7-13(10-14(16)12-30-17-5-2-4-15(23)20(17)24)11-18-21(28)25(22(31)32-18)9-3-6-19(26)27/h2,4-5,7-8,10-11H,3,6,9,12H2,1H3,(H,26,27). The zero-order valence-electron chi connectivity index (χ0n) is 17.0. The number of hydrogen-bond donors (Lipinski definition) is 1. The zero-order chi connectivity index (χ0) is 23.3. The highest BCUT2D eigenvalue weighted by Crippen LogP contribution is 2.35. The fraction of sp³-hybridized carbons (Fsp3) is 0.227. The molecule has 32 heavy (non-hydrogen) atoms. The summed E-state index contributed by atoms with van der Waals surface area (Å²) in [5.74, 6) is -0.0573. The van der Waals surface area contributed by atoms with E-state index in [2.05, 4.69) is 0 Å².